The molecule has 4 rings (SSSR count). The second-order valence-corrected chi connectivity index (χ2v) is 9.63. The van der Waals surface area contributed by atoms with Crippen LogP contribution in [0.4, 0.5) is 18.0 Å². The average Bonchev–Trinajstić information content (AvgIpc) is 3.43. The Hall–Kier alpha value is -3.97. The van der Waals surface area contributed by atoms with E-state index in [1.165, 1.54) is 35.3 Å². The molecule has 40 heavy (non-hydrogen) atoms. The van der Waals surface area contributed by atoms with E-state index in [0.29, 0.717) is 33.9 Å². The molecule has 0 spiro atoms. The number of carbonyl (C=O) groups is 2. The van der Waals surface area contributed by atoms with E-state index < -0.39 is 24.9 Å². The van der Waals surface area contributed by atoms with Gasteiger partial charge in [-0.05, 0) is 55.7 Å². The van der Waals surface area contributed by atoms with E-state index in [1.807, 2.05) is 0 Å². The Kier molecular flexibility index (Phi) is 9.05. The van der Waals surface area contributed by atoms with E-state index in [1.54, 1.807) is 29.2 Å². The average molecular weight is 579 g/mol. The van der Waals surface area contributed by atoms with Crippen LogP contribution in [-0.4, -0.2) is 79.0 Å². The number of amidine groups is 1. The van der Waals surface area contributed by atoms with Crippen LogP contribution in [0.3, 0.4) is 0 Å². The van der Waals surface area contributed by atoms with Gasteiger partial charge in [0.25, 0.3) is 5.91 Å². The number of rotatable bonds is 7. The number of nitrogens with one attached hydrogen (secondary N) is 1. The predicted octanol–water partition coefficient (Wildman–Crippen LogP) is 3.10. The Morgan fingerprint density at radius 2 is 1.77 bits per heavy atom. The number of carbonyl (C=O) groups excluding carboxylic acids is 2. The van der Waals surface area contributed by atoms with Crippen LogP contribution in [-0.2, 0) is 6.54 Å². The van der Waals surface area contributed by atoms with Crippen LogP contribution < -0.4 is 11.1 Å². The topological polar surface area (TPSA) is 129 Å². The van der Waals surface area contributed by atoms with Crippen LogP contribution >= 0.6 is 11.6 Å². The van der Waals surface area contributed by atoms with Crippen molar-refractivity contribution in [2.24, 2.45) is 5.73 Å². The molecule has 1 aliphatic rings. The minimum Gasteiger partial charge on any atom is -0.381 e. The molecule has 1 aromatic heterocycles. The summed E-state index contributed by atoms with van der Waals surface area (Å²) in [5.74, 6) is -0.302. The molecule has 0 bridgehead atoms. The summed E-state index contributed by atoms with van der Waals surface area (Å²) in [6.45, 7) is -0.0484. The number of likely N-dealkylation sites (tertiary alicyclic amines) is 1. The standard InChI is InChI=1S/C26H27ClF3N7O3/c27-18-10-8-17(9-11-18)23(31)36(15-21(38)26(28,29)30)25(40)32-14-22-33-16-37(34-22)20-7-3-2-6-19(20)24(39)35-12-4-1-5-13-35/h2-3,6-11,16,21,31,38H,1,4-5,12-15H2,(H,32,40)/p+1/t21-/m0/s1. The number of piperidine rings is 1. The summed E-state index contributed by atoms with van der Waals surface area (Å²) in [7, 11) is 0. The number of aliphatic hydroxyl groups is 1. The van der Waals surface area contributed by atoms with Gasteiger partial charge in [0.05, 0.1) is 11.3 Å². The number of benzene rings is 2. The quantitative estimate of drug-likeness (QED) is 0.224. The number of alkyl halides is 3. The highest BCUT2D eigenvalue weighted by atomic mass is 35.5. The first-order valence-corrected chi connectivity index (χ1v) is 12.9. The Labute approximate surface area is 232 Å². The largest absolute Gasteiger partial charge is 0.436 e. The summed E-state index contributed by atoms with van der Waals surface area (Å²) >= 11 is 5.86. The van der Waals surface area contributed by atoms with E-state index in [2.05, 4.69) is 15.4 Å². The Morgan fingerprint density at radius 3 is 2.45 bits per heavy atom. The maximum absolute atomic E-state index is 13.1. The number of aliphatic hydroxyl groups excluding tert-OH is 1. The van der Waals surface area contributed by atoms with Gasteiger partial charge >= 0.3 is 12.2 Å². The van der Waals surface area contributed by atoms with Crippen molar-refractivity contribution in [3.05, 3.63) is 76.8 Å². The van der Waals surface area contributed by atoms with E-state index in [-0.39, 0.29) is 29.7 Å². The van der Waals surface area contributed by atoms with Crippen molar-refractivity contribution in [3.63, 3.8) is 0 Å². The Bertz CT molecular complexity index is 1390. The molecule has 0 radical (unpaired) electrons. The summed E-state index contributed by atoms with van der Waals surface area (Å²) in [5, 5.41) is 16.8. The smallest absolute Gasteiger partial charge is 0.381 e. The fraction of sp³-hybridized carbons (Fsp3) is 0.346. The molecule has 0 unspecified atom stereocenters. The van der Waals surface area contributed by atoms with E-state index in [4.69, 9.17) is 17.3 Å². The van der Waals surface area contributed by atoms with Crippen molar-refractivity contribution in [1.82, 2.24) is 25.0 Å². The molecule has 14 heteroatoms. The predicted molar refractivity (Wildman–Crippen MR) is 140 cm³/mol. The van der Waals surface area contributed by atoms with Gasteiger partial charge in [-0.2, -0.15) is 17.7 Å². The number of nitrogens with two attached hydrogens (primary N) is 1. The first kappa shape index (κ1) is 29.0. The second kappa shape index (κ2) is 12.5. The monoisotopic (exact) mass is 578 g/mol. The number of urea groups is 1. The molecule has 1 fully saturated rings. The molecule has 2 aromatic carbocycles. The number of hydrogen-bond acceptors (Lipinski definition) is 5. The van der Waals surface area contributed by atoms with Gasteiger partial charge in [0.15, 0.2) is 11.9 Å². The first-order chi connectivity index (χ1) is 19.0. The Balaban J connectivity index is 1.52. The zero-order chi connectivity index (χ0) is 28.9. The van der Waals surface area contributed by atoms with Gasteiger partial charge in [-0.15, -0.1) is 5.10 Å². The van der Waals surface area contributed by atoms with Crippen LogP contribution in [0, 0.1) is 0 Å². The van der Waals surface area contributed by atoms with Crippen LogP contribution in [0.25, 0.3) is 5.69 Å². The molecule has 2 heterocycles. The summed E-state index contributed by atoms with van der Waals surface area (Å²) in [6, 6.07) is 11.7. The van der Waals surface area contributed by atoms with Gasteiger partial charge in [0.2, 0.25) is 5.84 Å². The maximum Gasteiger partial charge on any atom is 0.436 e. The molecule has 3 aromatic rings. The highest BCUT2D eigenvalue weighted by Crippen LogP contribution is 2.21. The Morgan fingerprint density at radius 1 is 1.10 bits per heavy atom. The molecular weight excluding hydrogens is 551 g/mol. The third kappa shape index (κ3) is 6.96. The summed E-state index contributed by atoms with van der Waals surface area (Å²) in [4.78, 5) is 32.0. The van der Waals surface area contributed by atoms with Crippen LogP contribution in [0.5, 0.6) is 0 Å². The number of hydrogen-bond donors (Lipinski definition) is 3. The zero-order valence-corrected chi connectivity index (χ0v) is 22.1. The van der Waals surface area contributed by atoms with Crippen LogP contribution in [0.1, 0.15) is 41.0 Å². The lowest BCUT2D eigenvalue weighted by atomic mass is 10.1. The highest BCUT2D eigenvalue weighted by Gasteiger charge is 2.41. The molecule has 3 amide bonds. The van der Waals surface area contributed by atoms with Crippen LogP contribution in [0.15, 0.2) is 54.9 Å². The van der Waals surface area contributed by atoms with E-state index in [9.17, 15) is 27.9 Å². The SMILES string of the molecule is N/C(c1ccc(Cl)cc1)=[N+](/C[C@H](O)C(F)(F)F)C(=O)NCc1ncn(-c2ccccc2C(=O)N2CCCCC2)n1. The molecule has 1 saturated heterocycles. The van der Waals surface area contributed by atoms with Gasteiger partial charge in [-0.25, -0.2) is 14.5 Å². The number of aromatic nitrogens is 3. The first-order valence-electron chi connectivity index (χ1n) is 12.5. The normalized spacial score (nSPS) is 15.4. The number of amides is 3. The van der Waals surface area contributed by atoms with E-state index in [0.717, 1.165) is 19.3 Å². The molecule has 0 aliphatic carbocycles. The van der Waals surface area contributed by atoms with Crippen LogP contribution in [0.2, 0.25) is 5.02 Å². The number of halogens is 4. The minimum absolute atomic E-state index is 0.118. The molecular formula is C26H28ClF3N7O3+. The van der Waals surface area contributed by atoms with Crippen molar-refractivity contribution in [1.29, 1.82) is 0 Å². The van der Waals surface area contributed by atoms with Crippen molar-refractivity contribution in [2.45, 2.75) is 38.1 Å². The summed E-state index contributed by atoms with van der Waals surface area (Å²) < 4.78 is 41.3. The fourth-order valence-electron chi connectivity index (χ4n) is 4.21. The van der Waals surface area contributed by atoms with Crippen molar-refractivity contribution < 1.29 is 32.4 Å². The van der Waals surface area contributed by atoms with Gasteiger partial charge < -0.3 is 15.7 Å². The second-order valence-electron chi connectivity index (χ2n) is 9.19. The highest BCUT2D eigenvalue weighted by molar-refractivity contribution is 6.30. The third-order valence-electron chi connectivity index (χ3n) is 6.37. The van der Waals surface area contributed by atoms with Crippen molar-refractivity contribution in [3.8, 4) is 5.69 Å². The number of nitrogens with zero attached hydrogens (tertiary/aromatic N) is 5. The lowest BCUT2D eigenvalue weighted by Gasteiger charge is -2.27. The fourth-order valence-corrected chi connectivity index (χ4v) is 4.34. The third-order valence-corrected chi connectivity index (χ3v) is 6.62. The van der Waals surface area contributed by atoms with E-state index >= 15 is 0 Å². The maximum atomic E-state index is 13.1. The van der Waals surface area contributed by atoms with Crippen molar-refractivity contribution in [2.75, 3.05) is 19.6 Å². The minimum atomic E-state index is -4.97. The van der Waals surface area contributed by atoms with Gasteiger partial charge in [0, 0.05) is 23.7 Å². The molecule has 212 valence electrons. The van der Waals surface area contributed by atoms with Gasteiger partial charge in [0.1, 0.15) is 19.4 Å². The zero-order valence-electron chi connectivity index (χ0n) is 21.3. The molecule has 0 saturated carbocycles. The molecule has 1 aliphatic heterocycles. The molecule has 4 N–H and O–H groups in total. The van der Waals surface area contributed by atoms with Gasteiger partial charge in [-0.1, -0.05) is 23.7 Å². The molecule has 10 nitrogen and oxygen atoms in total. The lowest BCUT2D eigenvalue weighted by molar-refractivity contribution is -0.455. The number of para-hydroxylation sites is 1. The summed E-state index contributed by atoms with van der Waals surface area (Å²) in [5.41, 5.74) is 7.20. The van der Waals surface area contributed by atoms with Crippen molar-refractivity contribution >= 4 is 29.4 Å². The molecule has 1 atom stereocenters. The lowest BCUT2D eigenvalue weighted by Crippen LogP contribution is -2.47. The van der Waals surface area contributed by atoms with Gasteiger partial charge in [-0.3, -0.25) is 10.1 Å². The summed E-state index contributed by atoms with van der Waals surface area (Å²) in [6.07, 6.45) is -3.47.